The van der Waals surface area contributed by atoms with Crippen LogP contribution in [0.1, 0.15) is 11.1 Å². The second-order valence-electron chi connectivity index (χ2n) is 9.35. The lowest BCUT2D eigenvalue weighted by molar-refractivity contribution is -0.0639. The van der Waals surface area contributed by atoms with Crippen LogP contribution in [-0.2, 0) is 11.8 Å². The maximum Gasteiger partial charge on any atom is 0.338 e. The van der Waals surface area contributed by atoms with Gasteiger partial charge in [0.05, 0.1) is 11.1 Å². The van der Waals surface area contributed by atoms with Gasteiger partial charge in [-0.3, -0.25) is 0 Å². The molecule has 0 spiro atoms. The molecule has 0 fully saturated rings. The van der Waals surface area contributed by atoms with Crippen molar-refractivity contribution in [1.29, 1.82) is 0 Å². The predicted molar refractivity (Wildman–Crippen MR) is 160 cm³/mol. The van der Waals surface area contributed by atoms with Crippen LogP contribution < -0.4 is 27.7 Å². The van der Waals surface area contributed by atoms with E-state index in [0.29, 0.717) is 33.8 Å². The highest BCUT2D eigenvalue weighted by Crippen LogP contribution is 2.53. The van der Waals surface area contributed by atoms with E-state index in [4.69, 9.17) is 74.1 Å². The molecule has 4 rings (SSSR count). The lowest BCUT2D eigenvalue weighted by atomic mass is 9.97. The molecule has 0 heterocycles. The molecule has 0 saturated heterocycles. The first kappa shape index (κ1) is 32.5. The third-order valence-electron chi connectivity index (χ3n) is 6.35. The molecule has 0 amide bonds. The van der Waals surface area contributed by atoms with Crippen LogP contribution in [0.3, 0.4) is 0 Å². The Labute approximate surface area is 261 Å². The molecule has 8 N–H and O–H groups in total. The van der Waals surface area contributed by atoms with Crippen LogP contribution in [0.5, 0.6) is 11.5 Å². The van der Waals surface area contributed by atoms with E-state index < -0.39 is 54.9 Å². The molecule has 0 atom stereocenters. The summed E-state index contributed by atoms with van der Waals surface area (Å²) in [5, 5.41) is 0. The average Bonchev–Trinajstić information content (AvgIpc) is 2.87. The standard InChI is InChI=1S/C28H20Cl4F6N4O/c29-27(30,37)25(33,34)23-19(39)9-15(10-20(23)40)13-1-5-17(6-2-13)43-18-7-3-14(4-8-18)16-11-21(41)24(22(42)12-16)26(35,36)28(31,32)38/h1-12H,39-42H2. The lowest BCUT2D eigenvalue weighted by Crippen LogP contribution is -2.33. The van der Waals surface area contributed by atoms with E-state index in [2.05, 4.69) is 0 Å². The number of hydrogen-bond acceptors (Lipinski definition) is 5. The van der Waals surface area contributed by atoms with Crippen LogP contribution in [0, 0.1) is 0 Å². The van der Waals surface area contributed by atoms with Crippen LogP contribution in [0.15, 0.2) is 72.8 Å². The van der Waals surface area contributed by atoms with Gasteiger partial charge in [-0.15, -0.1) is 0 Å². The van der Waals surface area contributed by atoms with Gasteiger partial charge in [0.25, 0.3) is 0 Å². The zero-order valence-electron chi connectivity index (χ0n) is 21.4. The molecule has 0 radical (unpaired) electrons. The van der Waals surface area contributed by atoms with E-state index in [1.807, 2.05) is 0 Å². The normalized spacial score (nSPS) is 12.8. The van der Waals surface area contributed by atoms with Crippen molar-refractivity contribution >= 4 is 69.2 Å². The summed E-state index contributed by atoms with van der Waals surface area (Å²) >= 11 is 20.0. The van der Waals surface area contributed by atoms with Crippen molar-refractivity contribution < 1.29 is 31.1 Å². The second kappa shape index (κ2) is 11.3. The minimum atomic E-state index is -4.37. The van der Waals surface area contributed by atoms with E-state index in [1.54, 1.807) is 48.5 Å². The van der Waals surface area contributed by atoms with Gasteiger partial charge in [-0.1, -0.05) is 70.7 Å². The number of rotatable bonds is 8. The average molecular weight is 684 g/mol. The van der Waals surface area contributed by atoms with Crippen molar-refractivity contribution in [2.45, 2.75) is 21.0 Å². The van der Waals surface area contributed by atoms with Crippen molar-refractivity contribution in [2.75, 3.05) is 22.9 Å². The number of hydrogen-bond donors (Lipinski definition) is 4. The fourth-order valence-corrected chi connectivity index (χ4v) is 4.66. The molecule has 0 unspecified atom stereocenters. The molecule has 4 aromatic rings. The van der Waals surface area contributed by atoms with Gasteiger partial charge in [0.2, 0.25) is 0 Å². The first-order valence-corrected chi connectivity index (χ1v) is 13.4. The summed E-state index contributed by atoms with van der Waals surface area (Å²) in [5.41, 5.74) is 20.7. The second-order valence-corrected chi connectivity index (χ2v) is 11.8. The summed E-state index contributed by atoms with van der Waals surface area (Å²) in [4.78, 5) is 0. The van der Waals surface area contributed by atoms with E-state index in [-0.39, 0.29) is 0 Å². The monoisotopic (exact) mass is 682 g/mol. The number of nitrogen functional groups attached to an aromatic ring is 4. The Morgan fingerprint density at radius 3 is 0.930 bits per heavy atom. The highest BCUT2D eigenvalue weighted by Gasteiger charge is 2.57. The number of benzene rings is 4. The van der Waals surface area contributed by atoms with Crippen molar-refractivity contribution in [1.82, 2.24) is 0 Å². The van der Waals surface area contributed by atoms with Crippen molar-refractivity contribution in [3.63, 3.8) is 0 Å². The fraction of sp³-hybridized carbons (Fsp3) is 0.143. The molecule has 0 aliphatic heterocycles. The largest absolute Gasteiger partial charge is 0.457 e. The van der Waals surface area contributed by atoms with Crippen molar-refractivity contribution in [2.24, 2.45) is 0 Å². The minimum Gasteiger partial charge on any atom is -0.457 e. The Morgan fingerprint density at radius 2 is 0.698 bits per heavy atom. The van der Waals surface area contributed by atoms with Gasteiger partial charge in [0.1, 0.15) is 11.5 Å². The molecule has 0 saturated carbocycles. The quantitative estimate of drug-likeness (QED) is 0.0839. The Kier molecular flexibility index (Phi) is 8.53. The highest BCUT2D eigenvalue weighted by atomic mass is 35.5. The van der Waals surface area contributed by atoms with Crippen LogP contribution >= 0.6 is 46.4 Å². The lowest BCUT2D eigenvalue weighted by Gasteiger charge is -2.25. The number of alkyl halides is 10. The predicted octanol–water partition coefficient (Wildman–Crippen LogP) is 9.53. The van der Waals surface area contributed by atoms with Crippen LogP contribution in [0.2, 0.25) is 0 Å². The Bertz CT molecular complexity index is 1490. The summed E-state index contributed by atoms with van der Waals surface area (Å²) in [5.74, 6) is -7.96. The molecular formula is C28H20Cl4F6N4O. The summed E-state index contributed by atoms with van der Waals surface area (Å²) in [6.45, 7) is 0. The van der Waals surface area contributed by atoms with Gasteiger partial charge < -0.3 is 27.7 Å². The van der Waals surface area contributed by atoms with Crippen molar-refractivity contribution in [3.8, 4) is 33.8 Å². The van der Waals surface area contributed by atoms with E-state index in [0.717, 1.165) is 0 Å². The van der Waals surface area contributed by atoms with Crippen molar-refractivity contribution in [3.05, 3.63) is 83.9 Å². The highest BCUT2D eigenvalue weighted by molar-refractivity contribution is 6.48. The summed E-state index contributed by atoms with van der Waals surface area (Å²) in [6, 6.07) is 17.5. The zero-order valence-corrected chi connectivity index (χ0v) is 24.4. The third-order valence-corrected chi connectivity index (χ3v) is 7.30. The molecule has 0 aromatic heterocycles. The van der Waals surface area contributed by atoms with Crippen LogP contribution in [-0.4, -0.2) is 9.17 Å². The zero-order chi connectivity index (χ0) is 32.1. The molecular weight excluding hydrogens is 664 g/mol. The Hall–Kier alpha value is -3.38. The van der Waals surface area contributed by atoms with Gasteiger partial charge in [-0.25, -0.2) is 8.78 Å². The molecule has 228 valence electrons. The molecule has 43 heavy (non-hydrogen) atoms. The Balaban J connectivity index is 1.52. The van der Waals surface area contributed by atoms with Crippen LogP contribution in [0.25, 0.3) is 22.3 Å². The summed E-state index contributed by atoms with van der Waals surface area (Å²) in [6.07, 6.45) is 0. The molecule has 0 bridgehead atoms. The van der Waals surface area contributed by atoms with Gasteiger partial charge in [-0.2, -0.15) is 17.6 Å². The van der Waals surface area contributed by atoms with E-state index in [1.165, 1.54) is 24.3 Å². The van der Waals surface area contributed by atoms with E-state index >= 15 is 0 Å². The summed E-state index contributed by atoms with van der Waals surface area (Å²) in [7, 11) is 0. The van der Waals surface area contributed by atoms with Gasteiger partial charge in [0.15, 0.2) is 0 Å². The maximum absolute atomic E-state index is 14.4. The first-order valence-electron chi connectivity index (χ1n) is 11.9. The molecule has 0 aliphatic carbocycles. The fourth-order valence-electron chi connectivity index (χ4n) is 4.28. The third kappa shape index (κ3) is 6.31. The van der Waals surface area contributed by atoms with E-state index in [9.17, 15) is 26.3 Å². The van der Waals surface area contributed by atoms with Gasteiger partial charge in [0, 0.05) is 22.7 Å². The first-order chi connectivity index (χ1) is 19.7. The van der Waals surface area contributed by atoms with Crippen LogP contribution in [0.4, 0.5) is 49.1 Å². The molecule has 5 nitrogen and oxygen atoms in total. The SMILES string of the molecule is Nc1cc(-c2ccc(Oc3ccc(-c4cc(N)c(C(F)(F)C(F)(Cl)Cl)c(N)c4)cc3)cc2)cc(N)c1C(F)(F)C(F)(Cl)Cl. The number of nitrogens with two attached hydrogens (primary N) is 4. The smallest absolute Gasteiger partial charge is 0.338 e. The maximum atomic E-state index is 14.4. The number of anilines is 4. The van der Waals surface area contributed by atoms with Gasteiger partial charge in [-0.05, 0) is 70.8 Å². The molecule has 4 aromatic carbocycles. The number of ether oxygens (including phenoxy) is 1. The topological polar surface area (TPSA) is 113 Å². The number of halogens is 10. The minimum absolute atomic E-state index is 0.357. The Morgan fingerprint density at radius 1 is 0.442 bits per heavy atom. The molecule has 0 aliphatic rings. The summed E-state index contributed by atoms with van der Waals surface area (Å²) < 4.78 is 82.8. The molecule has 15 heteroatoms. The van der Waals surface area contributed by atoms with Gasteiger partial charge >= 0.3 is 21.0 Å².